The Morgan fingerprint density at radius 3 is 2.17 bits per heavy atom. The first kappa shape index (κ1) is 13.5. The second-order valence-electron chi connectivity index (χ2n) is 1.58. The molecule has 0 spiro atoms. The van der Waals surface area contributed by atoms with E-state index in [9.17, 15) is 0 Å². The molecular weight excluding hydrogens is 149 g/mol. The summed E-state index contributed by atoms with van der Waals surface area (Å²) in [6, 6.07) is 3.82. The third kappa shape index (κ3) is 7.07. The zero-order valence-corrected chi connectivity index (χ0v) is 6.90. The van der Waals surface area contributed by atoms with Crippen molar-refractivity contribution in [3.8, 4) is 0 Å². The molecule has 0 aliphatic rings. The first-order valence-electron chi connectivity index (χ1n) is 2.89. The Balaban J connectivity index is 0. The zero-order chi connectivity index (χ0) is 8.53. The molecule has 0 saturated carbocycles. The fourth-order valence-corrected chi connectivity index (χ4v) is 0.500. The van der Waals surface area contributed by atoms with Crippen LogP contribution in [0.15, 0.2) is 31.1 Å². The van der Waals surface area contributed by atoms with Crippen LogP contribution in [-0.2, 0) is 4.79 Å². The van der Waals surface area contributed by atoms with Gasteiger partial charge in [-0.1, -0.05) is 19.1 Å². The van der Waals surface area contributed by atoms with E-state index in [2.05, 4.69) is 11.6 Å². The molecule has 58 valence electrons. The van der Waals surface area contributed by atoms with E-state index in [0.29, 0.717) is 6.47 Å². The number of hydrogen-bond donors (Lipinski definition) is 1. The average molecular weight is 157 g/mol. The Bertz CT molecular complexity index is 214. The van der Waals surface area contributed by atoms with E-state index in [1.807, 2.05) is 12.1 Å². The van der Waals surface area contributed by atoms with Crippen LogP contribution in [0.4, 0.5) is 0 Å². The molecule has 0 amide bonds. The fraction of sp³-hybridized carbons (Fsp3) is 0. The van der Waals surface area contributed by atoms with Crippen molar-refractivity contribution in [3.63, 3.8) is 0 Å². The van der Waals surface area contributed by atoms with Gasteiger partial charge in [0.25, 0.3) is 0 Å². The summed E-state index contributed by atoms with van der Waals surface area (Å²) in [6.45, 7) is 4.10. The first-order chi connectivity index (χ1) is 5.35. The van der Waals surface area contributed by atoms with Gasteiger partial charge in [-0.05, 0) is 17.7 Å². The molecule has 0 saturated heterocycles. The van der Waals surface area contributed by atoms with Crippen molar-refractivity contribution in [2.24, 2.45) is 0 Å². The van der Waals surface area contributed by atoms with E-state index in [-0.39, 0.29) is 18.9 Å². The molecule has 1 aromatic rings. The maximum atomic E-state index is 8.24. The summed E-state index contributed by atoms with van der Waals surface area (Å²) in [4.78, 5) is 12.1. The number of aromatic nitrogens is 1. The summed E-state index contributed by atoms with van der Waals surface area (Å²) < 4.78 is 0. The number of rotatable bonds is 1. The summed E-state index contributed by atoms with van der Waals surface area (Å²) in [5.74, 6) is 0. The quantitative estimate of drug-likeness (QED) is 0.392. The Hall–Kier alpha value is -1.04. The van der Waals surface area contributed by atoms with Crippen molar-refractivity contribution in [2.45, 2.75) is 0 Å². The van der Waals surface area contributed by atoms with Crippen LogP contribution in [0, 0.1) is 0 Å². The molecule has 0 aliphatic heterocycles. The standard InChI is InChI=1S/C7H7N.CHO2.Li/c1-2-7-3-5-8-6-4-7;2-1-3;/h2-6H,1H2;(H,2,3);/q;-1;+1. The molecule has 0 radical (unpaired) electrons. The summed E-state index contributed by atoms with van der Waals surface area (Å²) in [7, 11) is 0. The van der Waals surface area contributed by atoms with Crippen LogP contribution in [0.25, 0.3) is 6.08 Å². The number of nitrogens with zero attached hydrogens (tertiary/aromatic N) is 1. The number of hydrogen-bond acceptors (Lipinski definition) is 2. The predicted molar refractivity (Wildman–Crippen MR) is 42.7 cm³/mol. The van der Waals surface area contributed by atoms with E-state index in [1.165, 1.54) is 0 Å². The normalized spacial score (nSPS) is 6.67. The minimum absolute atomic E-state index is 0. The molecule has 12 heavy (non-hydrogen) atoms. The number of pyridine rings is 1. The predicted octanol–water partition coefficient (Wildman–Crippen LogP) is -1.66. The molecule has 0 unspecified atom stereocenters. The van der Waals surface area contributed by atoms with Crippen molar-refractivity contribution in [3.05, 3.63) is 36.7 Å². The van der Waals surface area contributed by atoms with Crippen molar-refractivity contribution < 1.29 is 28.8 Å². The van der Waals surface area contributed by atoms with Crippen molar-refractivity contribution in [2.75, 3.05) is 0 Å². The Labute approximate surface area is 83.3 Å². The second kappa shape index (κ2) is 9.96. The van der Waals surface area contributed by atoms with Gasteiger partial charge in [-0.15, -0.1) is 0 Å². The Morgan fingerprint density at radius 2 is 1.92 bits per heavy atom. The van der Waals surface area contributed by atoms with Crippen LogP contribution in [0.2, 0.25) is 0 Å². The molecule has 1 aromatic heterocycles. The van der Waals surface area contributed by atoms with Gasteiger partial charge in [0.05, 0.1) is 0 Å². The molecule has 3 nitrogen and oxygen atoms in total. The van der Waals surface area contributed by atoms with E-state index in [0.717, 1.165) is 5.56 Å². The Morgan fingerprint density at radius 1 is 1.50 bits per heavy atom. The van der Waals surface area contributed by atoms with Crippen LogP contribution < -0.4 is 18.9 Å². The van der Waals surface area contributed by atoms with Gasteiger partial charge in [0.1, 0.15) is 0 Å². The van der Waals surface area contributed by atoms with Gasteiger partial charge in [0.2, 0.25) is 0 Å². The molecule has 4 heteroatoms. The van der Waals surface area contributed by atoms with Crippen LogP contribution >= 0.6 is 0 Å². The van der Waals surface area contributed by atoms with E-state index >= 15 is 0 Å². The average Bonchev–Trinajstić information content (AvgIpc) is 2.08. The molecular formula is C8H8LiNO2. The third-order valence-corrected chi connectivity index (χ3v) is 0.942. The molecule has 0 atom stereocenters. The van der Waals surface area contributed by atoms with Crippen LogP contribution in [0.3, 0.4) is 0 Å². The topological polar surface area (TPSA) is 50.2 Å². The van der Waals surface area contributed by atoms with E-state index in [1.54, 1.807) is 18.5 Å². The van der Waals surface area contributed by atoms with Gasteiger partial charge < -0.3 is 9.90 Å². The smallest absolute Gasteiger partial charge is 0.665 e. The minimum atomic E-state index is 0. The second-order valence-corrected chi connectivity index (χ2v) is 1.58. The molecule has 1 heterocycles. The fourth-order valence-electron chi connectivity index (χ4n) is 0.500. The molecule has 0 fully saturated rings. The Kier molecular flexibility index (Phi) is 11.2. The van der Waals surface area contributed by atoms with E-state index < -0.39 is 0 Å². The van der Waals surface area contributed by atoms with Crippen molar-refractivity contribution >= 4 is 12.5 Å². The van der Waals surface area contributed by atoms with Gasteiger partial charge in [0, 0.05) is 12.4 Å². The maximum absolute atomic E-state index is 8.24. The summed E-state index contributed by atoms with van der Waals surface area (Å²) >= 11 is 0. The van der Waals surface area contributed by atoms with Crippen LogP contribution in [-0.4, -0.2) is 16.6 Å². The van der Waals surface area contributed by atoms with Crippen molar-refractivity contribution in [1.29, 1.82) is 0 Å². The summed E-state index contributed by atoms with van der Waals surface area (Å²) in [6.07, 6.45) is 5.29. The first-order valence-corrected chi connectivity index (χ1v) is 2.89. The van der Waals surface area contributed by atoms with Gasteiger partial charge in [0.15, 0.2) is 0 Å². The van der Waals surface area contributed by atoms with Crippen LogP contribution in [0.5, 0.6) is 0 Å². The van der Waals surface area contributed by atoms with Gasteiger partial charge in [-0.2, -0.15) is 0 Å². The zero-order valence-electron chi connectivity index (χ0n) is 6.90. The molecule has 0 aromatic carbocycles. The number of aliphatic hydroxyl groups excluding tert-OH is 1. The molecule has 1 rings (SSSR count). The molecule has 0 bridgehead atoms. The van der Waals surface area contributed by atoms with Gasteiger partial charge >= 0.3 is 18.9 Å². The summed E-state index contributed by atoms with van der Waals surface area (Å²) in [5, 5.41) is 6.76. The monoisotopic (exact) mass is 157 g/mol. The van der Waals surface area contributed by atoms with E-state index in [4.69, 9.17) is 9.90 Å². The SMILES string of the molecule is C=Cc1ccncc1.O=[C-]O.[Li+]. The van der Waals surface area contributed by atoms with Gasteiger partial charge in [-0.3, -0.25) is 4.98 Å². The molecule has 1 N–H and O–H groups in total. The maximum Gasteiger partial charge on any atom is 1.00 e. The third-order valence-electron chi connectivity index (χ3n) is 0.942. The summed E-state index contributed by atoms with van der Waals surface area (Å²) in [5.41, 5.74) is 1.11. The van der Waals surface area contributed by atoms with Crippen LogP contribution in [0.1, 0.15) is 5.56 Å². The van der Waals surface area contributed by atoms with Gasteiger partial charge in [-0.25, -0.2) is 0 Å². The minimum Gasteiger partial charge on any atom is -0.665 e. The largest absolute Gasteiger partial charge is 1.00 e. The molecule has 0 aliphatic carbocycles. The van der Waals surface area contributed by atoms with Crippen molar-refractivity contribution in [1.82, 2.24) is 4.98 Å².